The first-order chi connectivity index (χ1) is 13.5. The highest BCUT2D eigenvalue weighted by Crippen LogP contribution is 2.34. The normalized spacial score (nSPS) is 14.3. The fourth-order valence-corrected chi connectivity index (χ4v) is 5.16. The Kier molecular flexibility index (Phi) is 3.89. The van der Waals surface area contributed by atoms with E-state index >= 15 is 0 Å². The maximum atomic E-state index is 13.4. The number of aromatic nitrogens is 2. The van der Waals surface area contributed by atoms with E-state index in [0.717, 1.165) is 40.8 Å². The molecule has 0 amide bonds. The number of furan rings is 1. The first kappa shape index (κ1) is 17.2. The van der Waals surface area contributed by atoms with Crippen molar-refractivity contribution >= 4 is 20.8 Å². The Labute approximate surface area is 162 Å². The monoisotopic (exact) mass is 393 g/mol. The molecule has 7 heteroatoms. The molecule has 4 aromatic rings. The van der Waals surface area contributed by atoms with Crippen LogP contribution in [0.3, 0.4) is 0 Å². The summed E-state index contributed by atoms with van der Waals surface area (Å²) in [5.41, 5.74) is 3.37. The van der Waals surface area contributed by atoms with Crippen LogP contribution in [0.4, 0.5) is 0 Å². The second-order valence-electron chi connectivity index (χ2n) is 7.00. The third-order valence-corrected chi connectivity index (χ3v) is 6.90. The first-order valence-electron chi connectivity index (χ1n) is 9.15. The lowest BCUT2D eigenvalue weighted by molar-refractivity contribution is 0.499. The van der Waals surface area contributed by atoms with Crippen LogP contribution in [0.1, 0.15) is 16.9 Å². The molecule has 0 saturated heterocycles. The van der Waals surface area contributed by atoms with Gasteiger partial charge in [-0.05, 0) is 48.9 Å². The summed E-state index contributed by atoms with van der Waals surface area (Å²) in [4.78, 5) is 0.527. The molecule has 1 aliphatic heterocycles. The smallest absolute Gasteiger partial charge is 0.206 e. The Morgan fingerprint density at radius 2 is 2.04 bits per heavy atom. The molecular formula is C21H19N3O3S. The Morgan fingerprint density at radius 3 is 2.86 bits per heavy atom. The van der Waals surface area contributed by atoms with Crippen LogP contribution in [0.25, 0.3) is 16.7 Å². The summed E-state index contributed by atoms with van der Waals surface area (Å²) in [5.74, 6) is 0.951. The van der Waals surface area contributed by atoms with Crippen molar-refractivity contribution in [2.24, 2.45) is 0 Å². The maximum absolute atomic E-state index is 13.4. The van der Waals surface area contributed by atoms with Crippen molar-refractivity contribution in [2.45, 2.75) is 29.7 Å². The van der Waals surface area contributed by atoms with E-state index in [0.29, 0.717) is 12.2 Å². The van der Waals surface area contributed by atoms with Crippen molar-refractivity contribution in [3.8, 4) is 5.69 Å². The van der Waals surface area contributed by atoms with Gasteiger partial charge in [-0.1, -0.05) is 6.07 Å². The number of sulfone groups is 1. The molecule has 0 fully saturated rings. The summed E-state index contributed by atoms with van der Waals surface area (Å²) < 4.78 is 34.4. The number of nitrogens with zero attached hydrogens (tertiary/aromatic N) is 2. The van der Waals surface area contributed by atoms with Gasteiger partial charge in [0.2, 0.25) is 9.84 Å². The molecule has 2 aromatic heterocycles. The van der Waals surface area contributed by atoms with Gasteiger partial charge in [0.25, 0.3) is 0 Å². The Hall–Kier alpha value is -2.90. The van der Waals surface area contributed by atoms with Gasteiger partial charge in [0.15, 0.2) is 0 Å². The van der Waals surface area contributed by atoms with Crippen LogP contribution in [0, 0.1) is 6.92 Å². The highest BCUT2D eigenvalue weighted by Gasteiger charge is 2.24. The van der Waals surface area contributed by atoms with Crippen molar-refractivity contribution in [2.75, 3.05) is 6.54 Å². The number of hydrogen-bond acceptors (Lipinski definition) is 5. The average molecular weight is 393 g/mol. The highest BCUT2D eigenvalue weighted by molar-refractivity contribution is 7.91. The molecule has 5 rings (SSSR count). The summed E-state index contributed by atoms with van der Waals surface area (Å²) in [6.07, 6.45) is 4.26. The van der Waals surface area contributed by atoms with E-state index in [1.807, 2.05) is 13.0 Å². The molecule has 0 bridgehead atoms. The predicted octanol–water partition coefficient (Wildman–Crippen LogP) is 3.41. The zero-order valence-corrected chi connectivity index (χ0v) is 16.2. The van der Waals surface area contributed by atoms with E-state index in [1.165, 1.54) is 0 Å². The number of nitrogens with one attached hydrogen (secondary N) is 1. The van der Waals surface area contributed by atoms with Crippen molar-refractivity contribution in [3.63, 3.8) is 0 Å². The van der Waals surface area contributed by atoms with Crippen molar-refractivity contribution in [1.82, 2.24) is 15.1 Å². The van der Waals surface area contributed by atoms with Gasteiger partial charge in [-0.2, -0.15) is 5.10 Å². The summed E-state index contributed by atoms with van der Waals surface area (Å²) in [6, 6.07) is 12.1. The minimum atomic E-state index is -3.67. The molecule has 0 atom stereocenters. The summed E-state index contributed by atoms with van der Waals surface area (Å²) in [6.45, 7) is 3.46. The van der Waals surface area contributed by atoms with Crippen molar-refractivity contribution in [3.05, 3.63) is 71.7 Å². The average Bonchev–Trinajstić information content (AvgIpc) is 3.36. The Morgan fingerprint density at radius 1 is 1.14 bits per heavy atom. The molecule has 28 heavy (non-hydrogen) atoms. The van der Waals surface area contributed by atoms with Crippen LogP contribution < -0.4 is 5.32 Å². The molecule has 0 saturated carbocycles. The largest absolute Gasteiger partial charge is 0.460 e. The Bertz CT molecular complexity index is 1290. The number of rotatable bonds is 3. The van der Waals surface area contributed by atoms with Gasteiger partial charge < -0.3 is 9.73 Å². The van der Waals surface area contributed by atoms with Crippen LogP contribution in [-0.2, 0) is 22.8 Å². The van der Waals surface area contributed by atoms with Gasteiger partial charge in [-0.25, -0.2) is 13.1 Å². The van der Waals surface area contributed by atoms with E-state index in [4.69, 9.17) is 4.42 Å². The lowest BCUT2D eigenvalue weighted by atomic mass is 10.0. The SMILES string of the molecule is Cc1cc(S(=O)(=O)c2cccc(-n3cccn3)c2)cc2c3c(oc12)CCNC3. The molecule has 142 valence electrons. The van der Waals surface area contributed by atoms with E-state index in [-0.39, 0.29) is 9.79 Å². The molecule has 0 spiro atoms. The van der Waals surface area contributed by atoms with Gasteiger partial charge >= 0.3 is 0 Å². The zero-order valence-electron chi connectivity index (χ0n) is 15.3. The van der Waals surface area contributed by atoms with Crippen LogP contribution >= 0.6 is 0 Å². The number of benzene rings is 2. The van der Waals surface area contributed by atoms with Gasteiger partial charge in [0.1, 0.15) is 11.3 Å². The van der Waals surface area contributed by atoms with E-state index in [1.54, 1.807) is 53.5 Å². The van der Waals surface area contributed by atoms with Gasteiger partial charge in [0.05, 0.1) is 15.5 Å². The standard InChI is InChI=1S/C21H19N3O3S/c1-14-10-17(12-18-19-13-22-8-6-20(19)27-21(14)18)28(25,26)16-5-2-4-15(11-16)24-9-3-7-23-24/h2-5,7,9-12,22H,6,8,13H2,1H3. The lowest BCUT2D eigenvalue weighted by Crippen LogP contribution is -2.22. The molecule has 1 N–H and O–H groups in total. The molecule has 0 radical (unpaired) electrons. The fourth-order valence-electron chi connectivity index (χ4n) is 3.75. The van der Waals surface area contributed by atoms with Gasteiger partial charge in [-0.15, -0.1) is 0 Å². The third kappa shape index (κ3) is 2.66. The van der Waals surface area contributed by atoms with Gasteiger partial charge in [0, 0.05) is 42.9 Å². The van der Waals surface area contributed by atoms with Crippen LogP contribution in [-0.4, -0.2) is 24.7 Å². The van der Waals surface area contributed by atoms with Crippen molar-refractivity contribution < 1.29 is 12.8 Å². The second-order valence-corrected chi connectivity index (χ2v) is 8.95. The predicted molar refractivity (Wildman–Crippen MR) is 105 cm³/mol. The maximum Gasteiger partial charge on any atom is 0.206 e. The lowest BCUT2D eigenvalue weighted by Gasteiger charge is -2.11. The highest BCUT2D eigenvalue weighted by atomic mass is 32.2. The third-order valence-electron chi connectivity index (χ3n) is 5.17. The summed E-state index contributed by atoms with van der Waals surface area (Å²) in [5, 5.41) is 8.39. The minimum absolute atomic E-state index is 0.245. The van der Waals surface area contributed by atoms with E-state index in [9.17, 15) is 8.42 Å². The van der Waals surface area contributed by atoms with Crippen molar-refractivity contribution in [1.29, 1.82) is 0 Å². The quantitative estimate of drug-likeness (QED) is 0.577. The molecule has 6 nitrogen and oxygen atoms in total. The van der Waals surface area contributed by atoms with E-state index < -0.39 is 9.84 Å². The van der Waals surface area contributed by atoms with Crippen LogP contribution in [0.15, 0.2) is 69.1 Å². The molecule has 1 aliphatic rings. The first-order valence-corrected chi connectivity index (χ1v) is 10.6. The summed E-state index contributed by atoms with van der Waals surface area (Å²) >= 11 is 0. The zero-order chi connectivity index (χ0) is 19.3. The molecule has 2 aromatic carbocycles. The van der Waals surface area contributed by atoms with E-state index in [2.05, 4.69) is 10.4 Å². The Balaban J connectivity index is 1.66. The fraction of sp³-hybridized carbons (Fsp3) is 0.190. The van der Waals surface area contributed by atoms with Crippen LogP contribution in [0.2, 0.25) is 0 Å². The molecular weight excluding hydrogens is 374 g/mol. The number of aryl methyl sites for hydroxylation is 1. The second kappa shape index (κ2) is 6.32. The number of fused-ring (bicyclic) bond motifs is 3. The van der Waals surface area contributed by atoms with Gasteiger partial charge in [-0.3, -0.25) is 0 Å². The topological polar surface area (TPSA) is 77.1 Å². The summed E-state index contributed by atoms with van der Waals surface area (Å²) in [7, 11) is -3.67. The molecule has 0 unspecified atom stereocenters. The molecule has 0 aliphatic carbocycles. The minimum Gasteiger partial charge on any atom is -0.460 e. The molecule has 3 heterocycles. The number of hydrogen-bond donors (Lipinski definition) is 1. The van der Waals surface area contributed by atoms with Crippen LogP contribution in [0.5, 0.6) is 0 Å².